The fraction of sp³-hybridized carbons (Fsp3) is 0.261. The number of anilines is 1. The molecule has 0 aliphatic carbocycles. The van der Waals surface area contributed by atoms with Crippen molar-refractivity contribution >= 4 is 22.6 Å². The smallest absolute Gasteiger partial charge is 0.277 e. The van der Waals surface area contributed by atoms with Crippen LogP contribution in [0, 0.1) is 13.8 Å². The Morgan fingerprint density at radius 1 is 1.03 bits per heavy atom. The number of aromatic amines is 1. The fourth-order valence-electron chi connectivity index (χ4n) is 4.02. The van der Waals surface area contributed by atoms with Crippen molar-refractivity contribution in [3.63, 3.8) is 0 Å². The lowest BCUT2D eigenvalue weighted by Crippen LogP contribution is -2.30. The van der Waals surface area contributed by atoms with E-state index < -0.39 is 0 Å². The number of hydrogen-bond donors (Lipinski definition) is 1. The van der Waals surface area contributed by atoms with Crippen LogP contribution in [0.15, 0.2) is 48.8 Å². The van der Waals surface area contributed by atoms with Gasteiger partial charge in [-0.15, -0.1) is 0 Å². The number of fused-ring (bicyclic) bond motifs is 2. The molecule has 4 aromatic rings. The average Bonchev–Trinajstić information content (AvgIpc) is 3.39. The van der Waals surface area contributed by atoms with E-state index in [1.807, 2.05) is 50.9 Å². The second kappa shape index (κ2) is 7.20. The maximum atomic E-state index is 13.4. The van der Waals surface area contributed by atoms with Gasteiger partial charge in [0.05, 0.1) is 29.1 Å². The van der Waals surface area contributed by atoms with Gasteiger partial charge in [0.25, 0.3) is 5.91 Å². The van der Waals surface area contributed by atoms with Gasteiger partial charge in [-0.1, -0.05) is 43.7 Å². The highest BCUT2D eigenvalue weighted by molar-refractivity contribution is 6.11. The van der Waals surface area contributed by atoms with Crippen LogP contribution in [0.25, 0.3) is 11.0 Å². The van der Waals surface area contributed by atoms with Crippen molar-refractivity contribution in [2.75, 3.05) is 4.90 Å². The second-order valence-electron chi connectivity index (χ2n) is 7.06. The number of amides is 1. The van der Waals surface area contributed by atoms with Gasteiger partial charge in [-0.25, -0.2) is 4.98 Å². The molecule has 1 atom stereocenters. The van der Waals surface area contributed by atoms with Gasteiger partial charge in [-0.05, 0) is 37.6 Å². The second-order valence-corrected chi connectivity index (χ2v) is 7.06. The van der Waals surface area contributed by atoms with Crippen LogP contribution in [0.4, 0.5) is 5.69 Å². The van der Waals surface area contributed by atoms with E-state index in [4.69, 9.17) is 0 Å². The van der Waals surface area contributed by atoms with Gasteiger partial charge in [0.15, 0.2) is 0 Å². The Morgan fingerprint density at radius 2 is 1.76 bits per heavy atom. The number of aryl methyl sites for hydroxylation is 3. The number of nitrogens with zero attached hydrogens (tertiary/aromatic N) is 4. The Balaban J connectivity index is 0.000000994. The number of nitrogens with one attached hydrogen (secondary N) is 1. The standard InChI is InChI=1S/C21H19N5O.C2H6/c1-12-4-6-14(7-5-12)19-18-13(2)24-25(3)20(18)21(27)26(19)15-8-9-16-17(10-15)23-11-22-16;1-2/h4-11,19H,1-3H3,(H,22,23);1-2H3. The van der Waals surface area contributed by atoms with Gasteiger partial charge in [-0.2, -0.15) is 5.10 Å². The van der Waals surface area contributed by atoms with Gasteiger partial charge < -0.3 is 4.98 Å². The molecule has 29 heavy (non-hydrogen) atoms. The third kappa shape index (κ3) is 2.92. The molecular formula is C23H25N5O. The highest BCUT2D eigenvalue weighted by atomic mass is 16.2. The van der Waals surface area contributed by atoms with Crippen LogP contribution < -0.4 is 4.90 Å². The molecular weight excluding hydrogens is 362 g/mol. The summed E-state index contributed by atoms with van der Waals surface area (Å²) in [5, 5.41) is 4.50. The highest BCUT2D eigenvalue weighted by Gasteiger charge is 2.43. The molecule has 6 nitrogen and oxygen atoms in total. The lowest BCUT2D eigenvalue weighted by Gasteiger charge is -2.26. The summed E-state index contributed by atoms with van der Waals surface area (Å²) in [5.41, 5.74) is 7.43. The van der Waals surface area contributed by atoms with E-state index in [1.165, 1.54) is 5.56 Å². The predicted octanol–water partition coefficient (Wildman–Crippen LogP) is 4.69. The van der Waals surface area contributed by atoms with Crippen molar-refractivity contribution in [3.05, 3.63) is 76.9 Å². The van der Waals surface area contributed by atoms with Gasteiger partial charge in [0.1, 0.15) is 5.69 Å². The minimum absolute atomic E-state index is 0.0301. The van der Waals surface area contributed by atoms with Gasteiger partial charge in [0.2, 0.25) is 0 Å². The first-order valence-electron chi connectivity index (χ1n) is 9.91. The molecule has 148 valence electrons. The minimum Gasteiger partial charge on any atom is -0.345 e. The number of hydrogen-bond acceptors (Lipinski definition) is 3. The Morgan fingerprint density at radius 3 is 2.48 bits per heavy atom. The number of imidazole rings is 1. The quantitative estimate of drug-likeness (QED) is 0.543. The fourth-order valence-corrected chi connectivity index (χ4v) is 4.02. The van der Waals surface area contributed by atoms with E-state index in [9.17, 15) is 4.79 Å². The molecule has 0 fully saturated rings. The molecule has 1 unspecified atom stereocenters. The van der Waals surface area contributed by atoms with Crippen LogP contribution in [0.2, 0.25) is 0 Å². The summed E-state index contributed by atoms with van der Waals surface area (Å²) in [7, 11) is 1.83. The average molecular weight is 387 g/mol. The molecule has 1 aliphatic rings. The summed E-state index contributed by atoms with van der Waals surface area (Å²) < 4.78 is 1.70. The SMILES string of the molecule is CC.Cc1ccc(C2c3c(C)nn(C)c3C(=O)N2c2ccc3nc[nH]c3c2)cc1. The molecule has 6 heteroatoms. The van der Waals surface area contributed by atoms with Crippen LogP contribution in [-0.2, 0) is 7.05 Å². The number of carbonyl (C=O) groups excluding carboxylic acids is 1. The van der Waals surface area contributed by atoms with Crippen molar-refractivity contribution < 1.29 is 4.79 Å². The number of carbonyl (C=O) groups is 1. The summed E-state index contributed by atoms with van der Waals surface area (Å²) in [6, 6.07) is 14.0. The van der Waals surface area contributed by atoms with Crippen LogP contribution in [0.1, 0.15) is 52.8 Å². The zero-order chi connectivity index (χ0) is 20.7. The van der Waals surface area contributed by atoms with Crippen LogP contribution in [0.5, 0.6) is 0 Å². The van der Waals surface area contributed by atoms with Crippen LogP contribution >= 0.6 is 0 Å². The lowest BCUT2D eigenvalue weighted by atomic mass is 9.98. The zero-order valence-electron chi connectivity index (χ0n) is 17.4. The molecule has 0 spiro atoms. The molecule has 1 aliphatic heterocycles. The first-order chi connectivity index (χ1) is 14.0. The predicted molar refractivity (Wildman–Crippen MR) is 115 cm³/mol. The van der Waals surface area contributed by atoms with Crippen LogP contribution in [-0.4, -0.2) is 25.7 Å². The Hall–Kier alpha value is -3.41. The molecule has 5 rings (SSSR count). The molecule has 1 N–H and O–H groups in total. The van der Waals surface area contributed by atoms with E-state index in [1.54, 1.807) is 11.0 Å². The van der Waals surface area contributed by atoms with Crippen molar-refractivity contribution in [1.29, 1.82) is 0 Å². The summed E-state index contributed by atoms with van der Waals surface area (Å²) in [4.78, 5) is 22.7. The maximum Gasteiger partial charge on any atom is 0.277 e. The van der Waals surface area contributed by atoms with Crippen molar-refractivity contribution in [2.45, 2.75) is 33.7 Å². The largest absolute Gasteiger partial charge is 0.345 e. The van der Waals surface area contributed by atoms with E-state index in [0.717, 1.165) is 33.5 Å². The summed E-state index contributed by atoms with van der Waals surface area (Å²) in [6.45, 7) is 8.03. The Bertz CT molecular complexity index is 1190. The molecule has 3 heterocycles. The summed E-state index contributed by atoms with van der Waals surface area (Å²) in [6.07, 6.45) is 1.67. The van der Waals surface area contributed by atoms with E-state index >= 15 is 0 Å². The number of H-pyrrole nitrogens is 1. The Kier molecular flexibility index (Phi) is 4.70. The normalized spacial score (nSPS) is 15.4. The third-order valence-corrected chi connectivity index (χ3v) is 5.30. The molecule has 0 radical (unpaired) electrons. The van der Waals surface area contributed by atoms with E-state index in [-0.39, 0.29) is 11.9 Å². The number of rotatable bonds is 2. The topological polar surface area (TPSA) is 66.8 Å². The van der Waals surface area contributed by atoms with Gasteiger partial charge in [0, 0.05) is 18.3 Å². The monoisotopic (exact) mass is 387 g/mol. The first kappa shape index (κ1) is 18.9. The molecule has 1 amide bonds. The van der Waals surface area contributed by atoms with E-state index in [2.05, 4.69) is 46.3 Å². The molecule has 0 bridgehead atoms. The van der Waals surface area contributed by atoms with E-state index in [0.29, 0.717) is 5.69 Å². The lowest BCUT2D eigenvalue weighted by molar-refractivity contribution is 0.0985. The third-order valence-electron chi connectivity index (χ3n) is 5.30. The summed E-state index contributed by atoms with van der Waals surface area (Å²) >= 11 is 0. The zero-order valence-corrected chi connectivity index (χ0v) is 17.4. The highest BCUT2D eigenvalue weighted by Crippen LogP contribution is 2.43. The maximum absolute atomic E-state index is 13.4. The molecule has 0 saturated carbocycles. The van der Waals surface area contributed by atoms with Crippen molar-refractivity contribution in [2.24, 2.45) is 7.05 Å². The molecule has 2 aromatic carbocycles. The minimum atomic E-state index is -0.192. The molecule has 2 aromatic heterocycles. The molecule has 0 saturated heterocycles. The van der Waals surface area contributed by atoms with Gasteiger partial charge >= 0.3 is 0 Å². The Labute approximate surface area is 170 Å². The summed E-state index contributed by atoms with van der Waals surface area (Å²) in [5.74, 6) is -0.0301. The first-order valence-corrected chi connectivity index (χ1v) is 9.91. The van der Waals surface area contributed by atoms with Crippen molar-refractivity contribution in [1.82, 2.24) is 19.7 Å². The van der Waals surface area contributed by atoms with Gasteiger partial charge in [-0.3, -0.25) is 14.4 Å². The number of aromatic nitrogens is 4. The van der Waals surface area contributed by atoms with Crippen LogP contribution in [0.3, 0.4) is 0 Å². The number of benzene rings is 2. The van der Waals surface area contributed by atoms with Crippen molar-refractivity contribution in [3.8, 4) is 0 Å².